The van der Waals surface area contributed by atoms with Gasteiger partial charge >= 0.3 is 0 Å². The summed E-state index contributed by atoms with van der Waals surface area (Å²) in [7, 11) is 0. The van der Waals surface area contributed by atoms with Crippen LogP contribution >= 0.6 is 0 Å². The second-order valence-electron chi connectivity index (χ2n) is 8.46. The van der Waals surface area contributed by atoms with Crippen molar-refractivity contribution in [2.45, 2.75) is 76.4 Å². The molecule has 0 N–H and O–H groups in total. The molecule has 2 aliphatic carbocycles. The SMILES string of the molecule is O=C(C1CC1)N1CCCC(C(=O)N(CC2CCCO2)C2CCCC2)C1. The topological polar surface area (TPSA) is 49.9 Å². The van der Waals surface area contributed by atoms with Crippen LogP contribution in [0.5, 0.6) is 0 Å². The average molecular weight is 348 g/mol. The first kappa shape index (κ1) is 17.3. The fourth-order valence-corrected chi connectivity index (χ4v) is 4.84. The van der Waals surface area contributed by atoms with Gasteiger partial charge in [-0.15, -0.1) is 0 Å². The number of hydrogen-bond acceptors (Lipinski definition) is 3. The van der Waals surface area contributed by atoms with Crippen LogP contribution in [0.2, 0.25) is 0 Å². The molecule has 2 atom stereocenters. The molecule has 2 saturated carbocycles. The number of ether oxygens (including phenoxy) is 1. The normalized spacial score (nSPS) is 30.6. The molecule has 4 rings (SSSR count). The second-order valence-corrected chi connectivity index (χ2v) is 8.46. The fraction of sp³-hybridized carbons (Fsp3) is 0.900. The quantitative estimate of drug-likeness (QED) is 0.767. The van der Waals surface area contributed by atoms with Crippen LogP contribution < -0.4 is 0 Å². The van der Waals surface area contributed by atoms with Crippen molar-refractivity contribution < 1.29 is 14.3 Å². The van der Waals surface area contributed by atoms with Gasteiger partial charge in [-0.05, 0) is 51.4 Å². The Morgan fingerprint density at radius 2 is 1.72 bits per heavy atom. The van der Waals surface area contributed by atoms with Crippen LogP contribution in [-0.2, 0) is 14.3 Å². The van der Waals surface area contributed by atoms with E-state index in [1.165, 1.54) is 12.8 Å². The zero-order valence-corrected chi connectivity index (χ0v) is 15.3. The second kappa shape index (κ2) is 7.65. The molecule has 2 unspecified atom stereocenters. The first-order chi connectivity index (χ1) is 12.2. The van der Waals surface area contributed by atoms with Crippen LogP contribution in [0.4, 0.5) is 0 Å². The van der Waals surface area contributed by atoms with Crippen molar-refractivity contribution in [2.75, 3.05) is 26.2 Å². The summed E-state index contributed by atoms with van der Waals surface area (Å²) < 4.78 is 5.82. The molecule has 2 aliphatic heterocycles. The van der Waals surface area contributed by atoms with Crippen molar-refractivity contribution in [2.24, 2.45) is 11.8 Å². The molecule has 0 bridgehead atoms. The van der Waals surface area contributed by atoms with Gasteiger partial charge < -0.3 is 14.5 Å². The molecule has 5 nitrogen and oxygen atoms in total. The van der Waals surface area contributed by atoms with Crippen molar-refractivity contribution in [1.29, 1.82) is 0 Å². The number of amides is 2. The van der Waals surface area contributed by atoms with Gasteiger partial charge in [0.1, 0.15) is 0 Å². The molecule has 5 heteroatoms. The predicted octanol–water partition coefficient (Wildman–Crippen LogP) is 2.59. The average Bonchev–Trinajstić information content (AvgIpc) is 3.11. The Hall–Kier alpha value is -1.10. The lowest BCUT2D eigenvalue weighted by molar-refractivity contribution is -0.144. The van der Waals surface area contributed by atoms with Crippen LogP contribution in [0.15, 0.2) is 0 Å². The standard InChI is InChI=1S/C20H32N2O3/c23-19(15-9-10-15)21-11-3-5-16(13-21)20(24)22(17-6-1-2-7-17)14-18-8-4-12-25-18/h15-18H,1-14H2. The van der Waals surface area contributed by atoms with Crippen LogP contribution in [-0.4, -0.2) is 60.0 Å². The molecule has 4 fully saturated rings. The molecule has 140 valence electrons. The first-order valence-electron chi connectivity index (χ1n) is 10.4. The van der Waals surface area contributed by atoms with Crippen LogP contribution in [0, 0.1) is 11.8 Å². The van der Waals surface area contributed by atoms with Gasteiger partial charge in [-0.3, -0.25) is 9.59 Å². The van der Waals surface area contributed by atoms with Gasteiger partial charge in [0.2, 0.25) is 11.8 Å². The molecule has 0 aromatic rings. The predicted molar refractivity (Wildman–Crippen MR) is 95.0 cm³/mol. The van der Waals surface area contributed by atoms with E-state index >= 15 is 0 Å². The summed E-state index contributed by atoms with van der Waals surface area (Å²) in [5, 5.41) is 0. The molecule has 25 heavy (non-hydrogen) atoms. The van der Waals surface area contributed by atoms with Crippen molar-refractivity contribution in [1.82, 2.24) is 9.80 Å². The zero-order chi connectivity index (χ0) is 17.2. The number of carbonyl (C=O) groups is 2. The van der Waals surface area contributed by atoms with E-state index in [0.717, 1.165) is 71.1 Å². The maximum atomic E-state index is 13.4. The number of carbonyl (C=O) groups excluding carboxylic acids is 2. The lowest BCUT2D eigenvalue weighted by Gasteiger charge is -2.38. The van der Waals surface area contributed by atoms with E-state index in [2.05, 4.69) is 4.90 Å². The number of nitrogens with zero attached hydrogens (tertiary/aromatic N) is 2. The van der Waals surface area contributed by atoms with Crippen molar-refractivity contribution >= 4 is 11.8 Å². The van der Waals surface area contributed by atoms with Gasteiger partial charge in [-0.2, -0.15) is 0 Å². The monoisotopic (exact) mass is 348 g/mol. The van der Waals surface area contributed by atoms with Gasteiger partial charge in [0.25, 0.3) is 0 Å². The van der Waals surface area contributed by atoms with Crippen LogP contribution in [0.25, 0.3) is 0 Å². The number of rotatable bonds is 5. The van der Waals surface area contributed by atoms with E-state index in [4.69, 9.17) is 4.74 Å². The Balaban J connectivity index is 1.41. The summed E-state index contributed by atoms with van der Waals surface area (Å²) in [6.07, 6.45) is 11.1. The summed E-state index contributed by atoms with van der Waals surface area (Å²) in [5.41, 5.74) is 0. The van der Waals surface area contributed by atoms with Crippen molar-refractivity contribution in [3.05, 3.63) is 0 Å². The van der Waals surface area contributed by atoms with E-state index in [1.54, 1.807) is 0 Å². The fourth-order valence-electron chi connectivity index (χ4n) is 4.84. The highest BCUT2D eigenvalue weighted by Crippen LogP contribution is 2.33. The highest BCUT2D eigenvalue weighted by Gasteiger charge is 2.39. The molecular formula is C20H32N2O3. The molecule has 2 saturated heterocycles. The van der Waals surface area contributed by atoms with Gasteiger partial charge in [0.05, 0.1) is 12.0 Å². The molecule has 2 heterocycles. The van der Waals surface area contributed by atoms with E-state index in [-0.39, 0.29) is 23.8 Å². The molecule has 2 amide bonds. The highest BCUT2D eigenvalue weighted by atomic mass is 16.5. The molecule has 0 aromatic heterocycles. The van der Waals surface area contributed by atoms with Gasteiger partial charge in [0.15, 0.2) is 0 Å². The minimum atomic E-state index is -0.00143. The van der Waals surface area contributed by atoms with E-state index in [9.17, 15) is 9.59 Å². The largest absolute Gasteiger partial charge is 0.376 e. The van der Waals surface area contributed by atoms with E-state index < -0.39 is 0 Å². The third kappa shape index (κ3) is 4.02. The molecule has 4 aliphatic rings. The highest BCUT2D eigenvalue weighted by molar-refractivity contribution is 5.83. The summed E-state index contributed by atoms with van der Waals surface area (Å²) in [4.78, 5) is 29.9. The molecule has 0 spiro atoms. The number of likely N-dealkylation sites (tertiary alicyclic amines) is 1. The zero-order valence-electron chi connectivity index (χ0n) is 15.3. The van der Waals surface area contributed by atoms with Gasteiger partial charge in [-0.1, -0.05) is 12.8 Å². The summed E-state index contributed by atoms with van der Waals surface area (Å²) in [5.74, 6) is 0.838. The number of piperidine rings is 1. The van der Waals surface area contributed by atoms with Crippen molar-refractivity contribution in [3.8, 4) is 0 Å². The minimum Gasteiger partial charge on any atom is -0.376 e. The third-order valence-electron chi connectivity index (χ3n) is 6.48. The molecule has 0 aromatic carbocycles. The maximum absolute atomic E-state index is 13.4. The summed E-state index contributed by atoms with van der Waals surface area (Å²) in [6, 6.07) is 0.395. The first-order valence-corrected chi connectivity index (χ1v) is 10.4. The lowest BCUT2D eigenvalue weighted by atomic mass is 9.95. The molecular weight excluding hydrogens is 316 g/mol. The smallest absolute Gasteiger partial charge is 0.227 e. The minimum absolute atomic E-state index is 0.00143. The maximum Gasteiger partial charge on any atom is 0.227 e. The van der Waals surface area contributed by atoms with Crippen LogP contribution in [0.3, 0.4) is 0 Å². The summed E-state index contributed by atoms with van der Waals surface area (Å²) in [6.45, 7) is 3.08. The van der Waals surface area contributed by atoms with Gasteiger partial charge in [-0.25, -0.2) is 0 Å². The Morgan fingerprint density at radius 3 is 2.40 bits per heavy atom. The Labute approximate surface area is 151 Å². The Morgan fingerprint density at radius 1 is 0.920 bits per heavy atom. The Bertz CT molecular complexity index is 493. The third-order valence-corrected chi connectivity index (χ3v) is 6.48. The van der Waals surface area contributed by atoms with E-state index in [0.29, 0.717) is 18.5 Å². The van der Waals surface area contributed by atoms with Gasteiger partial charge in [0, 0.05) is 38.2 Å². The number of hydrogen-bond donors (Lipinski definition) is 0. The van der Waals surface area contributed by atoms with E-state index in [1.807, 2.05) is 4.90 Å². The summed E-state index contributed by atoms with van der Waals surface area (Å²) >= 11 is 0. The van der Waals surface area contributed by atoms with Crippen molar-refractivity contribution in [3.63, 3.8) is 0 Å². The Kier molecular flexibility index (Phi) is 5.30. The molecule has 0 radical (unpaired) electrons. The lowest BCUT2D eigenvalue weighted by Crippen LogP contribution is -2.51. The van der Waals surface area contributed by atoms with Crippen LogP contribution in [0.1, 0.15) is 64.2 Å².